The molecule has 0 atom stereocenters. The largest absolute Gasteiger partial charge is 0.478 e. The number of carbonyl (C=O) groups excluding carboxylic acids is 1. The van der Waals surface area contributed by atoms with Crippen LogP contribution in [0.1, 0.15) is 11.1 Å². The van der Waals surface area contributed by atoms with Crippen molar-refractivity contribution in [2.45, 2.75) is 6.42 Å². The summed E-state index contributed by atoms with van der Waals surface area (Å²) in [7, 11) is 1.76. The maximum absolute atomic E-state index is 11.5. The number of aliphatic carboxylic acids is 1. The monoisotopic (exact) mass is 243 g/mol. The Bertz CT molecular complexity index is 558. The molecule has 92 valence electrons. The number of benzene rings is 1. The van der Waals surface area contributed by atoms with E-state index >= 15 is 0 Å². The summed E-state index contributed by atoms with van der Waals surface area (Å²) < 4.78 is 0. The molecule has 1 N–H and O–H groups in total. The van der Waals surface area contributed by atoms with Gasteiger partial charge in [0, 0.05) is 18.8 Å². The Morgan fingerprint density at radius 1 is 1.39 bits per heavy atom. The van der Waals surface area contributed by atoms with Crippen LogP contribution in [0.25, 0.3) is 6.08 Å². The molecule has 0 unspecified atom stereocenters. The summed E-state index contributed by atoms with van der Waals surface area (Å²) in [6.45, 7) is 0. The Morgan fingerprint density at radius 2 is 2.17 bits per heavy atom. The molecule has 1 aliphatic heterocycles. The molecule has 0 saturated heterocycles. The molecule has 1 aromatic rings. The summed E-state index contributed by atoms with van der Waals surface area (Å²) >= 11 is 0. The SMILES string of the molecule is CN1C(=O)Cc2cc(/C=C/C=C/C(=O)O)ccc21. The number of nitrogens with zero attached hydrogens (tertiary/aromatic N) is 1. The number of hydrogen-bond acceptors (Lipinski definition) is 2. The molecule has 0 saturated carbocycles. The van der Waals surface area contributed by atoms with Gasteiger partial charge in [0.1, 0.15) is 0 Å². The number of anilines is 1. The molecule has 18 heavy (non-hydrogen) atoms. The molecular formula is C14H13NO3. The Labute approximate surface area is 105 Å². The zero-order valence-electron chi connectivity index (χ0n) is 9.96. The van der Waals surface area contributed by atoms with Crippen LogP contribution in [-0.4, -0.2) is 24.0 Å². The minimum absolute atomic E-state index is 0.0944. The van der Waals surface area contributed by atoms with Crippen LogP contribution in [0.3, 0.4) is 0 Å². The zero-order valence-corrected chi connectivity index (χ0v) is 9.96. The Kier molecular flexibility index (Phi) is 3.28. The lowest BCUT2D eigenvalue weighted by Crippen LogP contribution is -2.20. The standard InChI is InChI=1S/C14H13NO3/c1-15-12-7-6-10(4-2-3-5-14(17)18)8-11(12)9-13(15)16/h2-8H,9H2,1H3,(H,17,18)/b4-2+,5-3+. The Hall–Kier alpha value is -2.36. The molecule has 4 heteroatoms. The molecule has 4 nitrogen and oxygen atoms in total. The smallest absolute Gasteiger partial charge is 0.328 e. The van der Waals surface area contributed by atoms with Gasteiger partial charge in [0.05, 0.1) is 6.42 Å². The fourth-order valence-electron chi connectivity index (χ4n) is 1.90. The van der Waals surface area contributed by atoms with Gasteiger partial charge < -0.3 is 10.0 Å². The van der Waals surface area contributed by atoms with E-state index in [0.29, 0.717) is 6.42 Å². The number of likely N-dealkylation sites (N-methyl/N-ethyl adjacent to an activating group) is 1. The summed E-state index contributed by atoms with van der Waals surface area (Å²) in [5.41, 5.74) is 2.90. The van der Waals surface area contributed by atoms with Gasteiger partial charge >= 0.3 is 5.97 Å². The second-order valence-corrected chi connectivity index (χ2v) is 4.07. The second kappa shape index (κ2) is 4.87. The summed E-state index contributed by atoms with van der Waals surface area (Å²) in [5, 5.41) is 8.43. The molecule has 0 aromatic heterocycles. The van der Waals surface area contributed by atoms with Gasteiger partial charge in [-0.05, 0) is 23.3 Å². The molecular weight excluding hydrogens is 230 g/mol. The highest BCUT2D eigenvalue weighted by Crippen LogP contribution is 2.28. The highest BCUT2D eigenvalue weighted by molar-refractivity contribution is 6.01. The van der Waals surface area contributed by atoms with Gasteiger partial charge in [-0.25, -0.2) is 4.79 Å². The van der Waals surface area contributed by atoms with Crippen molar-refractivity contribution in [1.82, 2.24) is 0 Å². The van der Waals surface area contributed by atoms with E-state index in [4.69, 9.17) is 5.11 Å². The van der Waals surface area contributed by atoms with Gasteiger partial charge in [0.2, 0.25) is 5.91 Å². The van der Waals surface area contributed by atoms with Gasteiger partial charge in [-0.2, -0.15) is 0 Å². The molecule has 0 bridgehead atoms. The number of amides is 1. The van der Waals surface area contributed by atoms with E-state index in [1.54, 1.807) is 18.0 Å². The third kappa shape index (κ3) is 2.48. The third-order valence-corrected chi connectivity index (χ3v) is 2.82. The first-order chi connectivity index (χ1) is 8.58. The van der Waals surface area contributed by atoms with E-state index < -0.39 is 5.97 Å². The van der Waals surface area contributed by atoms with E-state index in [1.807, 2.05) is 24.3 Å². The van der Waals surface area contributed by atoms with Crippen molar-refractivity contribution in [2.24, 2.45) is 0 Å². The second-order valence-electron chi connectivity index (χ2n) is 4.07. The topological polar surface area (TPSA) is 57.6 Å². The highest BCUT2D eigenvalue weighted by atomic mass is 16.4. The van der Waals surface area contributed by atoms with Crippen LogP contribution in [0.2, 0.25) is 0 Å². The predicted octanol–water partition coefficient (Wildman–Crippen LogP) is 1.86. The minimum atomic E-state index is -0.971. The van der Waals surface area contributed by atoms with Crippen LogP contribution in [0.15, 0.2) is 36.4 Å². The lowest BCUT2D eigenvalue weighted by molar-refractivity contribution is -0.131. The van der Waals surface area contributed by atoms with Crippen molar-refractivity contribution >= 4 is 23.6 Å². The molecule has 1 heterocycles. The summed E-state index contributed by atoms with van der Waals surface area (Å²) in [6.07, 6.45) is 6.44. The van der Waals surface area contributed by atoms with E-state index in [0.717, 1.165) is 22.9 Å². The number of rotatable bonds is 3. The normalized spacial score (nSPS) is 14.7. The van der Waals surface area contributed by atoms with Crippen LogP contribution < -0.4 is 4.90 Å². The Balaban J connectivity index is 2.16. The summed E-state index contributed by atoms with van der Waals surface area (Å²) in [4.78, 5) is 23.4. The molecule has 2 rings (SSSR count). The van der Waals surface area contributed by atoms with E-state index in [-0.39, 0.29) is 5.91 Å². The zero-order chi connectivity index (χ0) is 13.1. The van der Waals surface area contributed by atoms with Crippen molar-refractivity contribution in [1.29, 1.82) is 0 Å². The maximum Gasteiger partial charge on any atom is 0.328 e. The number of hydrogen-bond donors (Lipinski definition) is 1. The lowest BCUT2D eigenvalue weighted by Gasteiger charge is -2.09. The van der Waals surface area contributed by atoms with Gasteiger partial charge in [-0.3, -0.25) is 4.79 Å². The van der Waals surface area contributed by atoms with Gasteiger partial charge in [0.15, 0.2) is 0 Å². The van der Waals surface area contributed by atoms with Crippen LogP contribution in [0.5, 0.6) is 0 Å². The predicted molar refractivity (Wildman–Crippen MR) is 69.4 cm³/mol. The summed E-state index contributed by atoms with van der Waals surface area (Å²) in [6, 6.07) is 5.75. The van der Waals surface area contributed by atoms with Gasteiger partial charge in [0.25, 0.3) is 0 Å². The Morgan fingerprint density at radius 3 is 2.89 bits per heavy atom. The number of fused-ring (bicyclic) bond motifs is 1. The molecule has 1 aromatic carbocycles. The van der Waals surface area contributed by atoms with Crippen molar-refractivity contribution in [3.8, 4) is 0 Å². The minimum Gasteiger partial charge on any atom is -0.478 e. The van der Waals surface area contributed by atoms with Crippen molar-refractivity contribution in [3.63, 3.8) is 0 Å². The number of carboxylic acid groups (broad SMARTS) is 1. The first kappa shape index (κ1) is 12.1. The fourth-order valence-corrected chi connectivity index (χ4v) is 1.90. The maximum atomic E-state index is 11.5. The van der Waals surface area contributed by atoms with Crippen molar-refractivity contribution < 1.29 is 14.7 Å². The third-order valence-electron chi connectivity index (χ3n) is 2.82. The molecule has 1 amide bonds. The molecule has 1 aliphatic rings. The van der Waals surface area contributed by atoms with Crippen LogP contribution in [-0.2, 0) is 16.0 Å². The highest BCUT2D eigenvalue weighted by Gasteiger charge is 2.23. The van der Waals surface area contributed by atoms with Crippen molar-refractivity contribution in [3.05, 3.63) is 47.6 Å². The first-order valence-electron chi connectivity index (χ1n) is 5.55. The summed E-state index contributed by atoms with van der Waals surface area (Å²) in [5.74, 6) is -0.877. The molecule has 0 radical (unpaired) electrons. The van der Waals surface area contributed by atoms with Crippen LogP contribution >= 0.6 is 0 Å². The van der Waals surface area contributed by atoms with Gasteiger partial charge in [-0.15, -0.1) is 0 Å². The van der Waals surface area contributed by atoms with Gasteiger partial charge in [-0.1, -0.05) is 24.3 Å². The fraction of sp³-hybridized carbons (Fsp3) is 0.143. The van der Waals surface area contributed by atoms with Crippen LogP contribution in [0.4, 0.5) is 5.69 Å². The van der Waals surface area contributed by atoms with Crippen molar-refractivity contribution in [2.75, 3.05) is 11.9 Å². The molecule has 0 aliphatic carbocycles. The average molecular weight is 243 g/mol. The lowest BCUT2D eigenvalue weighted by atomic mass is 10.1. The number of allylic oxidation sites excluding steroid dienone is 2. The van der Waals surface area contributed by atoms with Crippen LogP contribution in [0, 0.1) is 0 Å². The molecule has 0 fully saturated rings. The average Bonchev–Trinajstić information content (AvgIpc) is 2.60. The number of carboxylic acids is 1. The van der Waals surface area contributed by atoms with E-state index in [9.17, 15) is 9.59 Å². The molecule has 0 spiro atoms. The quantitative estimate of drug-likeness (QED) is 0.651. The first-order valence-corrected chi connectivity index (χ1v) is 5.55. The van der Waals surface area contributed by atoms with E-state index in [1.165, 1.54) is 6.08 Å². The van der Waals surface area contributed by atoms with E-state index in [2.05, 4.69) is 0 Å². The number of carbonyl (C=O) groups is 2.